The highest BCUT2D eigenvalue weighted by atomic mass is 32.2. The van der Waals surface area contributed by atoms with E-state index in [4.69, 9.17) is 0 Å². The van der Waals surface area contributed by atoms with Crippen LogP contribution in [0, 0.1) is 0 Å². The van der Waals surface area contributed by atoms with Crippen molar-refractivity contribution in [3.63, 3.8) is 0 Å². The molecule has 0 radical (unpaired) electrons. The standard InChI is InChI=1S/C12H23F3N2S/c1-10(2)17(9-12(13,14)15)7-8-18-11-3-5-16-6-4-11/h10-11,16H,3-9H2,1-2H3. The summed E-state index contributed by atoms with van der Waals surface area (Å²) >= 11 is 1.82. The summed E-state index contributed by atoms with van der Waals surface area (Å²) in [5, 5.41) is 3.91. The molecule has 1 aliphatic heterocycles. The maximum atomic E-state index is 12.4. The summed E-state index contributed by atoms with van der Waals surface area (Å²) in [5.74, 6) is 0.791. The number of alkyl halides is 3. The molecule has 1 rings (SSSR count). The highest BCUT2D eigenvalue weighted by Gasteiger charge is 2.31. The normalized spacial score (nSPS) is 18.8. The number of hydrogen-bond acceptors (Lipinski definition) is 3. The molecule has 1 aliphatic rings. The molecule has 0 saturated carbocycles. The number of piperidine rings is 1. The second kappa shape index (κ2) is 7.60. The molecule has 0 atom stereocenters. The third kappa shape index (κ3) is 6.85. The molecule has 2 nitrogen and oxygen atoms in total. The predicted molar refractivity (Wildman–Crippen MR) is 71.1 cm³/mol. The van der Waals surface area contributed by atoms with Gasteiger partial charge in [0.05, 0.1) is 6.54 Å². The highest BCUT2D eigenvalue weighted by molar-refractivity contribution is 7.99. The van der Waals surface area contributed by atoms with Gasteiger partial charge in [0.25, 0.3) is 0 Å². The van der Waals surface area contributed by atoms with Crippen LogP contribution in [0.2, 0.25) is 0 Å². The van der Waals surface area contributed by atoms with Gasteiger partial charge in [0.2, 0.25) is 0 Å². The molecule has 0 unspecified atom stereocenters. The van der Waals surface area contributed by atoms with Gasteiger partial charge in [0, 0.05) is 23.6 Å². The van der Waals surface area contributed by atoms with E-state index in [1.807, 2.05) is 25.6 Å². The predicted octanol–water partition coefficient (Wildman–Crippen LogP) is 2.74. The van der Waals surface area contributed by atoms with E-state index in [0.29, 0.717) is 11.8 Å². The summed E-state index contributed by atoms with van der Waals surface area (Å²) in [5.41, 5.74) is 0. The molecule has 0 aliphatic carbocycles. The monoisotopic (exact) mass is 284 g/mol. The van der Waals surface area contributed by atoms with Crippen LogP contribution in [0.5, 0.6) is 0 Å². The Balaban J connectivity index is 2.24. The van der Waals surface area contributed by atoms with E-state index in [9.17, 15) is 13.2 Å². The van der Waals surface area contributed by atoms with Gasteiger partial charge >= 0.3 is 6.18 Å². The molecule has 1 saturated heterocycles. The van der Waals surface area contributed by atoms with Gasteiger partial charge < -0.3 is 5.32 Å². The molecule has 0 aromatic carbocycles. The lowest BCUT2D eigenvalue weighted by Crippen LogP contribution is -2.40. The van der Waals surface area contributed by atoms with Crippen LogP contribution in [0.3, 0.4) is 0 Å². The van der Waals surface area contributed by atoms with E-state index in [1.54, 1.807) is 0 Å². The van der Waals surface area contributed by atoms with Crippen LogP contribution in [-0.2, 0) is 0 Å². The fourth-order valence-electron chi connectivity index (χ4n) is 2.05. The molecule has 1 heterocycles. The molecular weight excluding hydrogens is 261 g/mol. The van der Waals surface area contributed by atoms with Gasteiger partial charge in [-0.15, -0.1) is 0 Å². The minimum Gasteiger partial charge on any atom is -0.317 e. The van der Waals surface area contributed by atoms with Crippen molar-refractivity contribution in [3.8, 4) is 0 Å². The summed E-state index contributed by atoms with van der Waals surface area (Å²) in [6.07, 6.45) is -1.83. The Morgan fingerprint density at radius 3 is 2.39 bits per heavy atom. The maximum Gasteiger partial charge on any atom is 0.401 e. The summed E-state index contributed by atoms with van der Waals surface area (Å²) in [6.45, 7) is 5.44. The first kappa shape index (κ1) is 16.1. The second-order valence-corrected chi connectivity index (χ2v) is 6.41. The molecular formula is C12H23F3N2S. The average molecular weight is 284 g/mol. The summed E-state index contributed by atoms with van der Waals surface area (Å²) in [4.78, 5) is 1.51. The van der Waals surface area contributed by atoms with E-state index >= 15 is 0 Å². The van der Waals surface area contributed by atoms with Gasteiger partial charge in [0.1, 0.15) is 0 Å². The van der Waals surface area contributed by atoms with Crippen molar-refractivity contribution in [2.45, 2.75) is 44.2 Å². The van der Waals surface area contributed by atoms with Gasteiger partial charge in [-0.3, -0.25) is 4.90 Å². The van der Waals surface area contributed by atoms with E-state index < -0.39 is 12.7 Å². The van der Waals surface area contributed by atoms with Crippen LogP contribution in [0.15, 0.2) is 0 Å². The zero-order valence-corrected chi connectivity index (χ0v) is 11.9. The van der Waals surface area contributed by atoms with E-state index in [0.717, 1.165) is 31.7 Å². The van der Waals surface area contributed by atoms with Crippen molar-refractivity contribution in [2.75, 3.05) is 31.9 Å². The quantitative estimate of drug-likeness (QED) is 0.807. The summed E-state index contributed by atoms with van der Waals surface area (Å²) < 4.78 is 37.2. The lowest BCUT2D eigenvalue weighted by atomic mass is 10.2. The Bertz CT molecular complexity index is 228. The Labute approximate surface area is 112 Å². The Morgan fingerprint density at radius 2 is 1.89 bits per heavy atom. The largest absolute Gasteiger partial charge is 0.401 e. The van der Waals surface area contributed by atoms with Gasteiger partial charge in [-0.05, 0) is 39.8 Å². The molecule has 6 heteroatoms. The van der Waals surface area contributed by atoms with Gasteiger partial charge in [0.15, 0.2) is 0 Å². The SMILES string of the molecule is CC(C)N(CCSC1CCNCC1)CC(F)(F)F. The van der Waals surface area contributed by atoms with Crippen LogP contribution >= 0.6 is 11.8 Å². The van der Waals surface area contributed by atoms with E-state index in [-0.39, 0.29) is 6.04 Å². The lowest BCUT2D eigenvalue weighted by Gasteiger charge is -2.28. The Kier molecular flexibility index (Phi) is 6.81. The van der Waals surface area contributed by atoms with Crippen molar-refractivity contribution >= 4 is 11.8 Å². The molecule has 0 amide bonds. The summed E-state index contributed by atoms with van der Waals surface area (Å²) in [6, 6.07) is -0.0553. The third-order valence-electron chi connectivity index (χ3n) is 3.13. The first-order valence-electron chi connectivity index (χ1n) is 6.51. The first-order chi connectivity index (χ1) is 8.38. The first-order valence-corrected chi connectivity index (χ1v) is 7.56. The highest BCUT2D eigenvalue weighted by Crippen LogP contribution is 2.22. The van der Waals surface area contributed by atoms with Crippen molar-refractivity contribution in [3.05, 3.63) is 0 Å². The average Bonchev–Trinajstić information content (AvgIpc) is 2.27. The number of rotatable bonds is 6. The van der Waals surface area contributed by atoms with Crippen molar-refractivity contribution in [2.24, 2.45) is 0 Å². The molecule has 18 heavy (non-hydrogen) atoms. The number of halogens is 3. The van der Waals surface area contributed by atoms with Crippen LogP contribution in [-0.4, -0.2) is 54.3 Å². The number of hydrogen-bond donors (Lipinski definition) is 1. The van der Waals surface area contributed by atoms with Gasteiger partial charge in [-0.2, -0.15) is 24.9 Å². The van der Waals surface area contributed by atoms with Crippen molar-refractivity contribution in [1.82, 2.24) is 10.2 Å². The van der Waals surface area contributed by atoms with Gasteiger partial charge in [-0.25, -0.2) is 0 Å². The molecule has 1 fully saturated rings. The minimum atomic E-state index is -4.09. The maximum absolute atomic E-state index is 12.4. The summed E-state index contributed by atoms with van der Waals surface area (Å²) in [7, 11) is 0. The Morgan fingerprint density at radius 1 is 1.28 bits per heavy atom. The molecule has 0 bridgehead atoms. The number of nitrogens with zero attached hydrogens (tertiary/aromatic N) is 1. The lowest BCUT2D eigenvalue weighted by molar-refractivity contribution is -0.148. The minimum absolute atomic E-state index is 0.0553. The van der Waals surface area contributed by atoms with Gasteiger partial charge in [-0.1, -0.05) is 0 Å². The van der Waals surface area contributed by atoms with Crippen molar-refractivity contribution in [1.29, 1.82) is 0 Å². The smallest absolute Gasteiger partial charge is 0.317 e. The van der Waals surface area contributed by atoms with Crippen LogP contribution in [0.1, 0.15) is 26.7 Å². The molecule has 0 spiro atoms. The molecule has 108 valence electrons. The molecule has 0 aromatic rings. The number of thioether (sulfide) groups is 1. The molecule has 1 N–H and O–H groups in total. The van der Waals surface area contributed by atoms with Crippen LogP contribution in [0.4, 0.5) is 13.2 Å². The van der Waals surface area contributed by atoms with E-state index in [2.05, 4.69) is 5.32 Å². The zero-order valence-electron chi connectivity index (χ0n) is 11.1. The van der Waals surface area contributed by atoms with Crippen LogP contribution in [0.25, 0.3) is 0 Å². The van der Waals surface area contributed by atoms with E-state index in [1.165, 1.54) is 4.90 Å². The van der Waals surface area contributed by atoms with Crippen LogP contribution < -0.4 is 5.32 Å². The number of nitrogens with one attached hydrogen (secondary N) is 1. The fourth-order valence-corrected chi connectivity index (χ4v) is 3.29. The fraction of sp³-hybridized carbons (Fsp3) is 1.00. The Hall–Kier alpha value is 0.0600. The van der Waals surface area contributed by atoms with Crippen molar-refractivity contribution < 1.29 is 13.2 Å². The third-order valence-corrected chi connectivity index (χ3v) is 4.49. The zero-order chi connectivity index (χ0) is 13.6. The second-order valence-electron chi connectivity index (χ2n) is 5.00. The molecule has 0 aromatic heterocycles. The topological polar surface area (TPSA) is 15.3 Å².